The molecular weight excluding hydrogens is 356 g/mol. The number of benzene rings is 1. The first-order valence-corrected chi connectivity index (χ1v) is 9.91. The van der Waals surface area contributed by atoms with Crippen LogP contribution in [0.15, 0.2) is 64.7 Å². The Hall–Kier alpha value is -2.21. The Kier molecular flexibility index (Phi) is 4.06. The highest BCUT2D eigenvalue weighted by Gasteiger charge is 2.19. The van der Waals surface area contributed by atoms with Gasteiger partial charge >= 0.3 is 5.97 Å². The molecule has 0 saturated heterocycles. The predicted octanol–water partition coefficient (Wildman–Crippen LogP) is 6.57. The lowest BCUT2D eigenvalue weighted by molar-refractivity contribution is 0.0698. The minimum atomic E-state index is -0.896. The summed E-state index contributed by atoms with van der Waals surface area (Å²) in [7, 11) is 0. The van der Waals surface area contributed by atoms with Crippen LogP contribution in [0.4, 0.5) is 0 Å². The minimum Gasteiger partial charge on any atom is -0.478 e. The summed E-state index contributed by atoms with van der Waals surface area (Å²) >= 11 is 5.07. The van der Waals surface area contributed by atoms with Crippen LogP contribution >= 0.6 is 34.0 Å². The molecule has 2 nitrogen and oxygen atoms in total. The van der Waals surface area contributed by atoms with Gasteiger partial charge < -0.3 is 5.11 Å². The summed E-state index contributed by atoms with van der Waals surface area (Å²) in [5.41, 5.74) is 3.31. The van der Waals surface area contributed by atoms with E-state index in [0.29, 0.717) is 5.56 Å². The molecule has 0 spiro atoms. The second-order valence-electron chi connectivity index (χ2n) is 5.15. The van der Waals surface area contributed by atoms with E-state index >= 15 is 0 Å². The van der Waals surface area contributed by atoms with Crippen molar-refractivity contribution in [1.82, 2.24) is 0 Å². The molecule has 0 amide bonds. The molecule has 1 N–H and O–H groups in total. The summed E-state index contributed by atoms with van der Waals surface area (Å²) < 4.78 is 0. The fraction of sp³-hybridized carbons (Fsp3) is 0. The average Bonchev–Trinajstić information content (AvgIpc) is 3.33. The van der Waals surface area contributed by atoms with Gasteiger partial charge in [0.05, 0.1) is 15.3 Å². The molecule has 0 bridgehead atoms. The van der Waals surface area contributed by atoms with Crippen LogP contribution in [-0.4, -0.2) is 11.1 Å². The maximum Gasteiger partial charge on any atom is 0.336 e. The molecular formula is C19H12O2S3. The molecule has 4 rings (SSSR count). The maximum absolute atomic E-state index is 11.6. The summed E-state index contributed by atoms with van der Waals surface area (Å²) in [6.45, 7) is 0. The first-order chi connectivity index (χ1) is 11.8. The molecule has 4 aromatic rings. The van der Waals surface area contributed by atoms with E-state index in [1.807, 2.05) is 23.6 Å². The lowest BCUT2D eigenvalue weighted by Gasteiger charge is -2.08. The summed E-state index contributed by atoms with van der Waals surface area (Å²) in [6, 6.07) is 15.5. The zero-order valence-electron chi connectivity index (χ0n) is 12.4. The van der Waals surface area contributed by atoms with Crippen molar-refractivity contribution in [2.75, 3.05) is 0 Å². The van der Waals surface area contributed by atoms with Gasteiger partial charge in [0.2, 0.25) is 0 Å². The van der Waals surface area contributed by atoms with E-state index in [2.05, 4.69) is 29.0 Å². The minimum absolute atomic E-state index is 0.339. The maximum atomic E-state index is 11.6. The van der Waals surface area contributed by atoms with Gasteiger partial charge in [-0.1, -0.05) is 24.3 Å². The van der Waals surface area contributed by atoms with Gasteiger partial charge in [-0.25, -0.2) is 4.79 Å². The van der Waals surface area contributed by atoms with E-state index in [0.717, 1.165) is 16.0 Å². The van der Waals surface area contributed by atoms with Crippen molar-refractivity contribution >= 4 is 40.0 Å². The second-order valence-corrected chi connectivity index (χ2v) is 7.93. The quantitative estimate of drug-likeness (QED) is 0.442. The van der Waals surface area contributed by atoms with Crippen LogP contribution < -0.4 is 0 Å². The van der Waals surface area contributed by atoms with Crippen molar-refractivity contribution in [2.45, 2.75) is 0 Å². The van der Waals surface area contributed by atoms with Crippen LogP contribution in [0.25, 0.3) is 31.3 Å². The molecule has 0 unspecified atom stereocenters. The van der Waals surface area contributed by atoms with Crippen molar-refractivity contribution in [3.05, 3.63) is 70.2 Å². The fourth-order valence-electron chi connectivity index (χ4n) is 2.71. The van der Waals surface area contributed by atoms with E-state index in [9.17, 15) is 9.90 Å². The molecule has 0 aliphatic rings. The van der Waals surface area contributed by atoms with Crippen molar-refractivity contribution < 1.29 is 9.90 Å². The topological polar surface area (TPSA) is 37.3 Å². The molecule has 0 aliphatic heterocycles. The normalized spacial score (nSPS) is 10.8. The van der Waals surface area contributed by atoms with Crippen molar-refractivity contribution in [1.29, 1.82) is 0 Å². The number of carboxylic acid groups (broad SMARTS) is 1. The van der Waals surface area contributed by atoms with Crippen LogP contribution in [0.5, 0.6) is 0 Å². The van der Waals surface area contributed by atoms with E-state index in [-0.39, 0.29) is 0 Å². The summed E-state index contributed by atoms with van der Waals surface area (Å²) in [6.07, 6.45) is 0. The Morgan fingerprint density at radius 2 is 1.42 bits per heavy atom. The molecule has 24 heavy (non-hydrogen) atoms. The number of aromatic carboxylic acids is 1. The van der Waals surface area contributed by atoms with Crippen LogP contribution in [0.2, 0.25) is 0 Å². The van der Waals surface area contributed by atoms with E-state index in [4.69, 9.17) is 0 Å². The van der Waals surface area contributed by atoms with Gasteiger partial charge in [0.15, 0.2) is 0 Å². The van der Waals surface area contributed by atoms with E-state index in [1.54, 1.807) is 46.1 Å². The number of thiophene rings is 3. The molecule has 5 heteroatoms. The third-order valence-electron chi connectivity index (χ3n) is 3.77. The molecule has 0 fully saturated rings. The van der Waals surface area contributed by atoms with Crippen LogP contribution in [0.3, 0.4) is 0 Å². The molecule has 3 heterocycles. The van der Waals surface area contributed by atoms with E-state index in [1.165, 1.54) is 15.3 Å². The number of carboxylic acids is 1. The lowest BCUT2D eigenvalue weighted by Crippen LogP contribution is -1.98. The van der Waals surface area contributed by atoms with Gasteiger partial charge in [0, 0.05) is 16.0 Å². The largest absolute Gasteiger partial charge is 0.478 e. The molecule has 0 saturated carbocycles. The Morgan fingerprint density at radius 3 is 2.12 bits per heavy atom. The van der Waals surface area contributed by atoms with Gasteiger partial charge in [-0.3, -0.25) is 0 Å². The number of rotatable bonds is 4. The molecule has 0 radical (unpaired) electrons. The highest BCUT2D eigenvalue weighted by Crippen LogP contribution is 2.46. The van der Waals surface area contributed by atoms with Crippen LogP contribution in [0, 0.1) is 0 Å². The third kappa shape index (κ3) is 2.60. The van der Waals surface area contributed by atoms with Gasteiger partial charge in [-0.2, -0.15) is 0 Å². The number of hydrogen-bond donors (Lipinski definition) is 1. The average molecular weight is 369 g/mol. The Labute approximate surface area is 151 Å². The summed E-state index contributed by atoms with van der Waals surface area (Å²) in [5.74, 6) is -0.896. The van der Waals surface area contributed by atoms with E-state index < -0.39 is 5.97 Å². The van der Waals surface area contributed by atoms with Crippen LogP contribution in [-0.2, 0) is 0 Å². The van der Waals surface area contributed by atoms with Gasteiger partial charge in [-0.15, -0.1) is 34.0 Å². The SMILES string of the molecule is O=C(O)c1ccccc1-c1ccsc1-c1sccc1-c1cccs1. The molecule has 118 valence electrons. The summed E-state index contributed by atoms with van der Waals surface area (Å²) in [4.78, 5) is 15.1. The highest BCUT2D eigenvalue weighted by molar-refractivity contribution is 7.22. The Morgan fingerprint density at radius 1 is 0.708 bits per heavy atom. The first kappa shape index (κ1) is 15.3. The standard InChI is InChI=1S/C19H12O2S3/c20-19(21)14-5-2-1-4-12(14)13-7-10-23-17(13)18-15(8-11-24-18)16-6-3-9-22-16/h1-11H,(H,20,21). The number of carbonyl (C=O) groups is 1. The first-order valence-electron chi connectivity index (χ1n) is 7.27. The molecule has 0 atom stereocenters. The smallest absolute Gasteiger partial charge is 0.336 e. The summed E-state index contributed by atoms with van der Waals surface area (Å²) in [5, 5.41) is 15.7. The lowest BCUT2D eigenvalue weighted by atomic mass is 9.99. The van der Waals surface area contributed by atoms with Gasteiger partial charge in [-0.05, 0) is 46.0 Å². The highest BCUT2D eigenvalue weighted by atomic mass is 32.1. The zero-order chi connectivity index (χ0) is 16.5. The predicted molar refractivity (Wildman–Crippen MR) is 103 cm³/mol. The zero-order valence-corrected chi connectivity index (χ0v) is 14.9. The van der Waals surface area contributed by atoms with Gasteiger partial charge in [0.1, 0.15) is 0 Å². The van der Waals surface area contributed by atoms with Crippen molar-refractivity contribution in [3.8, 4) is 31.3 Å². The van der Waals surface area contributed by atoms with Crippen molar-refractivity contribution in [3.63, 3.8) is 0 Å². The third-order valence-corrected chi connectivity index (χ3v) is 6.67. The molecule has 3 aromatic heterocycles. The van der Waals surface area contributed by atoms with Gasteiger partial charge in [0.25, 0.3) is 0 Å². The second kappa shape index (κ2) is 6.36. The molecule has 1 aromatic carbocycles. The van der Waals surface area contributed by atoms with Crippen LogP contribution in [0.1, 0.15) is 10.4 Å². The Balaban J connectivity index is 1.89. The molecule has 0 aliphatic carbocycles. The number of hydrogen-bond acceptors (Lipinski definition) is 4. The van der Waals surface area contributed by atoms with Crippen molar-refractivity contribution in [2.24, 2.45) is 0 Å². The Bertz CT molecular complexity index is 993. The monoisotopic (exact) mass is 368 g/mol. The fourth-order valence-corrected chi connectivity index (χ4v) is 5.55.